The highest BCUT2D eigenvalue weighted by atomic mass is 16.4. The second-order valence-electron chi connectivity index (χ2n) is 8.31. The van der Waals surface area contributed by atoms with Crippen molar-refractivity contribution in [3.05, 3.63) is 88.9 Å². The van der Waals surface area contributed by atoms with Crippen LogP contribution in [-0.2, 0) is 24.1 Å². The summed E-state index contributed by atoms with van der Waals surface area (Å²) in [6.45, 7) is 4.63. The predicted molar refractivity (Wildman–Crippen MR) is 127 cm³/mol. The lowest BCUT2D eigenvalue weighted by Gasteiger charge is -2.16. The molecule has 0 unspecified atom stereocenters. The van der Waals surface area contributed by atoms with Crippen molar-refractivity contribution in [1.82, 2.24) is 25.3 Å². The summed E-state index contributed by atoms with van der Waals surface area (Å²) < 4.78 is 5.78. The van der Waals surface area contributed by atoms with Gasteiger partial charge in [0, 0.05) is 32.1 Å². The minimum Gasteiger partial charge on any atom is -0.425 e. The Hall–Kier alpha value is -3.74. The molecular weight excluding hydrogens is 414 g/mol. The SMILES string of the molecule is Cc1n[nH]c(C)c1CCN(C)C(=O)CCc1nnc(Cc2ccc(-c3ccccc3)cc2)o1. The summed E-state index contributed by atoms with van der Waals surface area (Å²) in [4.78, 5) is 14.3. The summed E-state index contributed by atoms with van der Waals surface area (Å²) in [6, 6.07) is 18.6. The number of hydrogen-bond donors (Lipinski definition) is 1. The molecule has 4 aromatic rings. The largest absolute Gasteiger partial charge is 0.425 e. The van der Waals surface area contributed by atoms with Crippen LogP contribution < -0.4 is 0 Å². The topological polar surface area (TPSA) is 87.9 Å². The first-order valence-corrected chi connectivity index (χ1v) is 11.2. The molecule has 1 N–H and O–H groups in total. The summed E-state index contributed by atoms with van der Waals surface area (Å²) in [6.07, 6.45) is 2.13. The lowest BCUT2D eigenvalue weighted by atomic mass is 10.0. The van der Waals surface area contributed by atoms with E-state index in [1.165, 1.54) is 16.7 Å². The second kappa shape index (κ2) is 10.3. The number of benzene rings is 2. The van der Waals surface area contributed by atoms with E-state index < -0.39 is 0 Å². The molecule has 0 saturated heterocycles. The first kappa shape index (κ1) is 22.5. The first-order valence-electron chi connectivity index (χ1n) is 11.2. The van der Waals surface area contributed by atoms with Gasteiger partial charge in [-0.1, -0.05) is 54.6 Å². The van der Waals surface area contributed by atoms with Gasteiger partial charge in [0.2, 0.25) is 17.7 Å². The van der Waals surface area contributed by atoms with Crippen molar-refractivity contribution in [1.29, 1.82) is 0 Å². The van der Waals surface area contributed by atoms with Crippen molar-refractivity contribution in [3.63, 3.8) is 0 Å². The van der Waals surface area contributed by atoms with Gasteiger partial charge in [0.25, 0.3) is 0 Å². The van der Waals surface area contributed by atoms with Crippen molar-refractivity contribution in [2.45, 2.75) is 39.5 Å². The average molecular weight is 444 g/mol. The van der Waals surface area contributed by atoms with E-state index in [1.807, 2.05) is 39.1 Å². The van der Waals surface area contributed by atoms with Crippen molar-refractivity contribution < 1.29 is 9.21 Å². The van der Waals surface area contributed by atoms with E-state index in [2.05, 4.69) is 56.8 Å². The highest BCUT2D eigenvalue weighted by Crippen LogP contribution is 2.20. The molecule has 0 fully saturated rings. The van der Waals surface area contributed by atoms with Crippen molar-refractivity contribution in [3.8, 4) is 11.1 Å². The number of nitrogens with zero attached hydrogens (tertiary/aromatic N) is 4. The molecule has 2 aromatic carbocycles. The Labute approximate surface area is 193 Å². The molecule has 4 rings (SSSR count). The number of carbonyl (C=O) groups is 1. The maximum absolute atomic E-state index is 12.5. The number of carbonyl (C=O) groups excluding carboxylic acids is 1. The third-order valence-corrected chi connectivity index (χ3v) is 5.88. The summed E-state index contributed by atoms with van der Waals surface area (Å²) in [5.74, 6) is 1.11. The van der Waals surface area contributed by atoms with Crippen LogP contribution in [0.4, 0.5) is 0 Å². The molecule has 1 amide bonds. The smallest absolute Gasteiger partial charge is 0.222 e. The van der Waals surface area contributed by atoms with Crippen molar-refractivity contribution in [2.75, 3.05) is 13.6 Å². The van der Waals surface area contributed by atoms with Crippen LogP contribution in [0.5, 0.6) is 0 Å². The number of likely N-dealkylation sites (N-methyl/N-ethyl adjacent to an activating group) is 1. The van der Waals surface area contributed by atoms with E-state index >= 15 is 0 Å². The molecule has 170 valence electrons. The van der Waals surface area contributed by atoms with Gasteiger partial charge in [0.15, 0.2) is 0 Å². The van der Waals surface area contributed by atoms with Crippen LogP contribution in [0.25, 0.3) is 11.1 Å². The van der Waals surface area contributed by atoms with Crippen LogP contribution >= 0.6 is 0 Å². The molecule has 0 aliphatic rings. The molecule has 0 aliphatic carbocycles. The molecule has 0 aliphatic heterocycles. The lowest BCUT2D eigenvalue weighted by Crippen LogP contribution is -2.29. The minimum atomic E-state index is 0.0602. The number of H-pyrrole nitrogens is 1. The van der Waals surface area contributed by atoms with E-state index in [0.29, 0.717) is 37.6 Å². The summed E-state index contributed by atoms with van der Waals surface area (Å²) in [5.41, 5.74) is 6.68. The van der Waals surface area contributed by atoms with Gasteiger partial charge in [-0.25, -0.2) is 0 Å². The minimum absolute atomic E-state index is 0.0602. The average Bonchev–Trinajstić information content (AvgIpc) is 3.42. The number of nitrogens with one attached hydrogen (secondary N) is 1. The summed E-state index contributed by atoms with van der Waals surface area (Å²) >= 11 is 0. The molecule has 7 nitrogen and oxygen atoms in total. The number of aromatic nitrogens is 4. The standard InChI is InChI=1S/C26H29N5O2/c1-18-23(19(2)28-27-18)15-16-31(3)26(32)14-13-24-29-30-25(33-24)17-20-9-11-22(12-10-20)21-7-5-4-6-8-21/h4-12H,13-17H2,1-3H3,(H,27,28). The van der Waals surface area contributed by atoms with E-state index in [0.717, 1.165) is 23.4 Å². The van der Waals surface area contributed by atoms with Crippen LogP contribution in [0.1, 0.15) is 40.7 Å². The van der Waals surface area contributed by atoms with Gasteiger partial charge >= 0.3 is 0 Å². The van der Waals surface area contributed by atoms with Crippen LogP contribution in [-0.4, -0.2) is 44.8 Å². The Kier molecular flexibility index (Phi) is 6.98. The first-order chi connectivity index (χ1) is 16.0. The van der Waals surface area contributed by atoms with Crippen LogP contribution in [0.2, 0.25) is 0 Å². The Bertz CT molecular complexity index is 1180. The maximum Gasteiger partial charge on any atom is 0.222 e. The third kappa shape index (κ3) is 5.74. The molecule has 0 bridgehead atoms. The van der Waals surface area contributed by atoms with E-state index in [-0.39, 0.29) is 5.91 Å². The summed E-state index contributed by atoms with van der Waals surface area (Å²) in [5, 5.41) is 15.5. The second-order valence-corrected chi connectivity index (χ2v) is 8.31. The molecular formula is C26H29N5O2. The fourth-order valence-electron chi connectivity index (χ4n) is 3.83. The molecule has 2 aromatic heterocycles. The normalized spacial score (nSPS) is 11.0. The van der Waals surface area contributed by atoms with E-state index in [9.17, 15) is 4.79 Å². The highest BCUT2D eigenvalue weighted by Gasteiger charge is 2.14. The predicted octanol–water partition coefficient (Wildman–Crippen LogP) is 4.30. The van der Waals surface area contributed by atoms with Crippen molar-refractivity contribution >= 4 is 5.91 Å². The third-order valence-electron chi connectivity index (χ3n) is 5.88. The Morgan fingerprint density at radius 2 is 1.64 bits per heavy atom. The zero-order valence-corrected chi connectivity index (χ0v) is 19.3. The maximum atomic E-state index is 12.5. The van der Waals surface area contributed by atoms with Gasteiger partial charge in [-0.15, -0.1) is 10.2 Å². The number of aryl methyl sites for hydroxylation is 3. The molecule has 0 saturated carbocycles. The van der Waals surface area contributed by atoms with Crippen molar-refractivity contribution in [2.24, 2.45) is 0 Å². The van der Waals surface area contributed by atoms with Crippen LogP contribution in [0.3, 0.4) is 0 Å². The Morgan fingerprint density at radius 3 is 2.33 bits per heavy atom. The van der Waals surface area contributed by atoms with Gasteiger partial charge in [-0.2, -0.15) is 5.10 Å². The van der Waals surface area contributed by atoms with Gasteiger partial charge in [-0.05, 0) is 42.5 Å². The number of amides is 1. The van der Waals surface area contributed by atoms with Gasteiger partial charge < -0.3 is 9.32 Å². The molecule has 0 radical (unpaired) electrons. The fraction of sp³-hybridized carbons (Fsp3) is 0.308. The Morgan fingerprint density at radius 1 is 0.939 bits per heavy atom. The number of hydrogen-bond acceptors (Lipinski definition) is 5. The zero-order valence-electron chi connectivity index (χ0n) is 19.3. The molecule has 33 heavy (non-hydrogen) atoms. The molecule has 0 spiro atoms. The number of rotatable bonds is 9. The zero-order chi connectivity index (χ0) is 23.2. The monoisotopic (exact) mass is 443 g/mol. The fourth-order valence-corrected chi connectivity index (χ4v) is 3.83. The van der Waals surface area contributed by atoms with E-state index in [4.69, 9.17) is 4.42 Å². The van der Waals surface area contributed by atoms with Crippen LogP contribution in [0.15, 0.2) is 59.0 Å². The highest BCUT2D eigenvalue weighted by molar-refractivity contribution is 5.76. The quantitative estimate of drug-likeness (QED) is 0.417. The molecule has 7 heteroatoms. The summed E-state index contributed by atoms with van der Waals surface area (Å²) in [7, 11) is 1.82. The number of aromatic amines is 1. The van der Waals surface area contributed by atoms with Gasteiger partial charge in [0.05, 0.1) is 12.1 Å². The van der Waals surface area contributed by atoms with Gasteiger partial charge in [0.1, 0.15) is 0 Å². The van der Waals surface area contributed by atoms with Crippen LogP contribution in [0, 0.1) is 13.8 Å². The van der Waals surface area contributed by atoms with E-state index in [1.54, 1.807) is 4.90 Å². The van der Waals surface area contributed by atoms with Gasteiger partial charge in [-0.3, -0.25) is 9.89 Å². The Balaban J connectivity index is 1.26. The molecule has 2 heterocycles. The lowest BCUT2D eigenvalue weighted by molar-refractivity contribution is -0.129. The molecule has 0 atom stereocenters.